The highest BCUT2D eigenvalue weighted by Gasteiger charge is 2.52. The molecule has 2 heteroatoms. The Bertz CT molecular complexity index is 317. The summed E-state index contributed by atoms with van der Waals surface area (Å²) in [6.45, 7) is 10.0. The quantitative estimate of drug-likeness (QED) is 0.690. The van der Waals surface area contributed by atoms with Gasteiger partial charge < -0.3 is 10.2 Å². The van der Waals surface area contributed by atoms with Gasteiger partial charge in [0.25, 0.3) is 0 Å². The molecule has 2 rings (SSSR count). The lowest BCUT2D eigenvalue weighted by Gasteiger charge is -2.35. The predicted molar refractivity (Wildman–Crippen MR) is 69.6 cm³/mol. The van der Waals surface area contributed by atoms with Crippen molar-refractivity contribution >= 4 is 0 Å². The van der Waals surface area contributed by atoms with Crippen molar-refractivity contribution in [3.05, 3.63) is 12.2 Å². The Balaban J connectivity index is 2.28. The summed E-state index contributed by atoms with van der Waals surface area (Å²) < 4.78 is 0. The molecule has 2 saturated carbocycles. The summed E-state index contributed by atoms with van der Waals surface area (Å²) >= 11 is 0. The third kappa shape index (κ3) is 2.30. The minimum absolute atomic E-state index is 0.224. The zero-order valence-corrected chi connectivity index (χ0v) is 11.4. The van der Waals surface area contributed by atoms with E-state index < -0.39 is 11.2 Å². The van der Waals surface area contributed by atoms with Crippen LogP contribution in [0.15, 0.2) is 12.2 Å². The first-order valence-electron chi connectivity index (χ1n) is 6.84. The molecule has 0 bridgehead atoms. The third-order valence-electron chi connectivity index (χ3n) is 5.28. The van der Waals surface area contributed by atoms with Crippen molar-refractivity contribution in [2.45, 2.75) is 64.1 Å². The molecule has 98 valence electrons. The Morgan fingerprint density at radius 3 is 2.18 bits per heavy atom. The molecule has 0 aromatic rings. The fraction of sp³-hybridized carbons (Fsp3) is 0.867. The Morgan fingerprint density at radius 2 is 1.59 bits per heavy atom. The van der Waals surface area contributed by atoms with Gasteiger partial charge >= 0.3 is 0 Å². The molecule has 0 amide bonds. The van der Waals surface area contributed by atoms with E-state index in [-0.39, 0.29) is 11.8 Å². The zero-order valence-electron chi connectivity index (χ0n) is 11.4. The maximum Gasteiger partial charge on any atom is 0.0651 e. The van der Waals surface area contributed by atoms with Crippen LogP contribution in [0.2, 0.25) is 0 Å². The first-order chi connectivity index (χ1) is 7.74. The average molecular weight is 238 g/mol. The van der Waals surface area contributed by atoms with Gasteiger partial charge in [0.05, 0.1) is 11.2 Å². The molecule has 2 nitrogen and oxygen atoms in total. The van der Waals surface area contributed by atoms with E-state index in [4.69, 9.17) is 0 Å². The predicted octanol–water partition coefficient (Wildman–Crippen LogP) is 2.89. The molecule has 0 aromatic heterocycles. The minimum atomic E-state index is -0.616. The van der Waals surface area contributed by atoms with Gasteiger partial charge in [-0.1, -0.05) is 12.2 Å². The molecule has 0 aliphatic heterocycles. The molecule has 0 aromatic carbocycles. The van der Waals surface area contributed by atoms with Crippen LogP contribution in [0.4, 0.5) is 0 Å². The van der Waals surface area contributed by atoms with Crippen LogP contribution in [0.5, 0.6) is 0 Å². The van der Waals surface area contributed by atoms with Crippen LogP contribution in [0.1, 0.15) is 52.9 Å². The number of fused-ring (bicyclic) bond motifs is 1. The highest BCUT2D eigenvalue weighted by Crippen LogP contribution is 2.52. The van der Waals surface area contributed by atoms with E-state index in [9.17, 15) is 10.2 Å². The van der Waals surface area contributed by atoms with E-state index in [0.29, 0.717) is 5.92 Å². The van der Waals surface area contributed by atoms with Crippen LogP contribution >= 0.6 is 0 Å². The summed E-state index contributed by atoms with van der Waals surface area (Å²) in [6.07, 6.45) is 4.60. The fourth-order valence-corrected chi connectivity index (χ4v) is 3.95. The molecule has 0 saturated heterocycles. The number of rotatable bonds is 1. The molecule has 0 spiro atoms. The molecular weight excluding hydrogens is 212 g/mol. The van der Waals surface area contributed by atoms with Gasteiger partial charge in [0, 0.05) is 0 Å². The van der Waals surface area contributed by atoms with Gasteiger partial charge in [-0.3, -0.25) is 0 Å². The summed E-state index contributed by atoms with van der Waals surface area (Å²) in [5, 5.41) is 21.1. The molecule has 17 heavy (non-hydrogen) atoms. The highest BCUT2D eigenvalue weighted by molar-refractivity contribution is 5.08. The van der Waals surface area contributed by atoms with E-state index in [1.54, 1.807) is 0 Å². The van der Waals surface area contributed by atoms with Crippen molar-refractivity contribution in [3.63, 3.8) is 0 Å². The van der Waals surface area contributed by atoms with Crippen LogP contribution < -0.4 is 0 Å². The van der Waals surface area contributed by atoms with Crippen molar-refractivity contribution in [1.82, 2.24) is 0 Å². The van der Waals surface area contributed by atoms with Crippen molar-refractivity contribution in [2.24, 2.45) is 17.8 Å². The lowest BCUT2D eigenvalue weighted by molar-refractivity contribution is -0.0539. The van der Waals surface area contributed by atoms with E-state index in [1.807, 2.05) is 13.8 Å². The Labute approximate surface area is 105 Å². The molecule has 5 atom stereocenters. The maximum atomic E-state index is 10.6. The normalized spacial score (nSPS) is 50.8. The van der Waals surface area contributed by atoms with Gasteiger partial charge in [0.15, 0.2) is 0 Å². The van der Waals surface area contributed by atoms with Crippen LogP contribution in [0.25, 0.3) is 0 Å². The topological polar surface area (TPSA) is 40.5 Å². The Morgan fingerprint density at radius 1 is 1.06 bits per heavy atom. The summed E-state index contributed by atoms with van der Waals surface area (Å²) in [4.78, 5) is 0. The molecule has 0 heterocycles. The molecule has 2 fully saturated rings. The second-order valence-electron chi connectivity index (χ2n) is 6.78. The Hall–Kier alpha value is -0.340. The molecule has 2 aliphatic rings. The molecular formula is C15H26O2. The number of allylic oxidation sites excluding steroid dienone is 1. The van der Waals surface area contributed by atoms with Crippen LogP contribution in [0.3, 0.4) is 0 Å². The average Bonchev–Trinajstić information content (AvgIpc) is 2.39. The second kappa shape index (κ2) is 4.10. The van der Waals surface area contributed by atoms with Crippen LogP contribution in [0, 0.1) is 17.8 Å². The van der Waals surface area contributed by atoms with Gasteiger partial charge in [-0.2, -0.15) is 0 Å². The number of hydrogen-bond donors (Lipinski definition) is 2. The van der Waals surface area contributed by atoms with E-state index in [2.05, 4.69) is 13.5 Å². The lowest BCUT2D eigenvalue weighted by atomic mass is 9.76. The monoisotopic (exact) mass is 238 g/mol. The molecule has 0 radical (unpaired) electrons. The van der Waals surface area contributed by atoms with Crippen LogP contribution in [-0.2, 0) is 0 Å². The van der Waals surface area contributed by atoms with E-state index in [1.165, 1.54) is 5.57 Å². The van der Waals surface area contributed by atoms with Gasteiger partial charge in [0.1, 0.15) is 0 Å². The first-order valence-corrected chi connectivity index (χ1v) is 6.84. The lowest BCUT2D eigenvalue weighted by Crippen LogP contribution is -2.40. The largest absolute Gasteiger partial charge is 0.390 e. The van der Waals surface area contributed by atoms with Crippen molar-refractivity contribution < 1.29 is 10.2 Å². The van der Waals surface area contributed by atoms with Gasteiger partial charge in [-0.25, -0.2) is 0 Å². The van der Waals surface area contributed by atoms with E-state index >= 15 is 0 Å². The summed E-state index contributed by atoms with van der Waals surface area (Å²) in [7, 11) is 0. The Kier molecular flexibility index (Phi) is 3.16. The smallest absolute Gasteiger partial charge is 0.0651 e. The third-order valence-corrected chi connectivity index (χ3v) is 5.28. The standard InChI is InChI=1S/C15H26O2/c1-10(2)11-5-7-14(3,16)12-6-8-15(4,17)13(12)9-11/h11-13,16-17H,1,5-9H2,2-4H3. The SMILES string of the molecule is C=C(C)C1CCC(C)(O)C2CCC(C)(O)C2C1. The summed E-state index contributed by atoms with van der Waals surface area (Å²) in [5.74, 6) is 0.935. The van der Waals surface area contributed by atoms with Crippen molar-refractivity contribution in [3.8, 4) is 0 Å². The van der Waals surface area contributed by atoms with Crippen molar-refractivity contribution in [2.75, 3.05) is 0 Å². The first kappa shape index (κ1) is 13.1. The van der Waals surface area contributed by atoms with Gasteiger partial charge in [-0.05, 0) is 70.6 Å². The summed E-state index contributed by atoms with van der Waals surface area (Å²) in [5.41, 5.74) is -0.0219. The number of aliphatic hydroxyl groups is 2. The van der Waals surface area contributed by atoms with Crippen molar-refractivity contribution in [1.29, 1.82) is 0 Å². The fourth-order valence-electron chi connectivity index (χ4n) is 3.95. The zero-order chi connectivity index (χ0) is 12.8. The minimum Gasteiger partial charge on any atom is -0.390 e. The second-order valence-corrected chi connectivity index (χ2v) is 6.78. The van der Waals surface area contributed by atoms with Gasteiger partial charge in [0.2, 0.25) is 0 Å². The van der Waals surface area contributed by atoms with Gasteiger partial charge in [-0.15, -0.1) is 0 Å². The highest BCUT2D eigenvalue weighted by atomic mass is 16.3. The van der Waals surface area contributed by atoms with Crippen LogP contribution in [-0.4, -0.2) is 21.4 Å². The maximum absolute atomic E-state index is 10.6. The molecule has 2 N–H and O–H groups in total. The van der Waals surface area contributed by atoms with E-state index in [0.717, 1.165) is 32.1 Å². The molecule has 5 unspecified atom stereocenters. The molecule has 2 aliphatic carbocycles. The number of hydrogen-bond acceptors (Lipinski definition) is 2. The summed E-state index contributed by atoms with van der Waals surface area (Å²) in [6, 6.07) is 0.